The van der Waals surface area contributed by atoms with Crippen molar-refractivity contribution in [1.82, 2.24) is 14.5 Å². The first-order valence-corrected chi connectivity index (χ1v) is 11.5. The van der Waals surface area contributed by atoms with Crippen LogP contribution in [0.5, 0.6) is 5.75 Å². The van der Waals surface area contributed by atoms with E-state index in [1.807, 2.05) is 73.8 Å². The summed E-state index contributed by atoms with van der Waals surface area (Å²) in [5.74, 6) is 1.19. The molecule has 0 N–H and O–H groups in total. The Morgan fingerprint density at radius 3 is 2.47 bits per heavy atom. The quantitative estimate of drug-likeness (QED) is 0.397. The topological polar surface area (TPSA) is 64.4 Å². The van der Waals surface area contributed by atoms with Crippen molar-refractivity contribution in [3.8, 4) is 11.4 Å². The highest BCUT2D eigenvalue weighted by molar-refractivity contribution is 7.12. The lowest BCUT2D eigenvalue weighted by atomic mass is 10.1. The molecule has 1 amide bonds. The van der Waals surface area contributed by atoms with Gasteiger partial charge in [0, 0.05) is 6.54 Å². The summed E-state index contributed by atoms with van der Waals surface area (Å²) in [7, 11) is 1.60. The Balaban J connectivity index is 1.94. The molecule has 7 heteroatoms. The number of rotatable bonds is 7. The second-order valence-electron chi connectivity index (χ2n) is 7.32. The summed E-state index contributed by atoms with van der Waals surface area (Å²) in [5.41, 5.74) is 1.14. The first-order valence-electron chi connectivity index (χ1n) is 10.6. The Bertz CT molecular complexity index is 1280. The number of hydrogen-bond acceptors (Lipinski definition) is 5. The number of amides is 1. The molecule has 0 radical (unpaired) electrons. The van der Waals surface area contributed by atoms with Gasteiger partial charge < -0.3 is 9.64 Å². The average Bonchev–Trinajstić information content (AvgIpc) is 3.37. The number of aromatic nitrogens is 2. The molecule has 164 valence electrons. The number of benzene rings is 2. The Kier molecular flexibility index (Phi) is 6.37. The van der Waals surface area contributed by atoms with Gasteiger partial charge in [0.1, 0.15) is 11.6 Å². The molecule has 2 aromatic heterocycles. The van der Waals surface area contributed by atoms with Gasteiger partial charge >= 0.3 is 0 Å². The third-order valence-electron chi connectivity index (χ3n) is 5.53. The van der Waals surface area contributed by atoms with E-state index in [1.54, 1.807) is 22.6 Å². The van der Waals surface area contributed by atoms with Gasteiger partial charge in [-0.25, -0.2) is 4.98 Å². The maximum absolute atomic E-state index is 13.6. The minimum absolute atomic E-state index is 0.0574. The van der Waals surface area contributed by atoms with Gasteiger partial charge in [-0.2, -0.15) is 0 Å². The molecule has 1 unspecified atom stereocenters. The Hall–Kier alpha value is -3.45. The van der Waals surface area contributed by atoms with Crippen molar-refractivity contribution in [3.63, 3.8) is 0 Å². The normalized spacial score (nSPS) is 12.0. The molecule has 0 saturated heterocycles. The van der Waals surface area contributed by atoms with Crippen molar-refractivity contribution < 1.29 is 9.53 Å². The summed E-state index contributed by atoms with van der Waals surface area (Å²) < 4.78 is 6.90. The molecule has 0 bridgehead atoms. The second kappa shape index (κ2) is 9.36. The molecule has 2 aromatic carbocycles. The van der Waals surface area contributed by atoms with Gasteiger partial charge in [-0.1, -0.05) is 25.1 Å². The molecule has 0 aliphatic carbocycles. The maximum Gasteiger partial charge on any atom is 0.266 e. The van der Waals surface area contributed by atoms with Crippen molar-refractivity contribution in [2.45, 2.75) is 26.3 Å². The Labute approximate surface area is 190 Å². The number of carbonyl (C=O) groups excluding carboxylic acids is 1. The number of thiophene rings is 1. The number of para-hydroxylation sites is 1. The minimum atomic E-state index is -0.367. The van der Waals surface area contributed by atoms with Crippen molar-refractivity contribution >= 4 is 28.1 Å². The Morgan fingerprint density at radius 1 is 1.09 bits per heavy atom. The van der Waals surface area contributed by atoms with Crippen LogP contribution in [0.15, 0.2) is 70.8 Å². The van der Waals surface area contributed by atoms with E-state index in [-0.39, 0.29) is 17.5 Å². The fourth-order valence-electron chi connectivity index (χ4n) is 3.94. The number of carbonyl (C=O) groups is 1. The number of hydrogen-bond donors (Lipinski definition) is 0. The predicted molar refractivity (Wildman–Crippen MR) is 128 cm³/mol. The minimum Gasteiger partial charge on any atom is -0.497 e. The molecule has 4 aromatic rings. The SMILES string of the molecule is CCC(c1nc2ccccc2c(=O)n1-c1ccc(OC)cc1)N(CC)C(=O)c1cccs1. The summed E-state index contributed by atoms with van der Waals surface area (Å²) in [4.78, 5) is 34.3. The summed E-state index contributed by atoms with van der Waals surface area (Å²) >= 11 is 1.41. The lowest BCUT2D eigenvalue weighted by molar-refractivity contribution is 0.0677. The zero-order valence-electron chi connectivity index (χ0n) is 18.3. The molecular formula is C25H25N3O3S. The summed E-state index contributed by atoms with van der Waals surface area (Å²) in [5, 5.41) is 2.43. The summed E-state index contributed by atoms with van der Waals surface area (Å²) in [6, 6.07) is 18.0. The van der Waals surface area contributed by atoms with E-state index < -0.39 is 0 Å². The Morgan fingerprint density at radius 2 is 1.84 bits per heavy atom. The molecule has 0 aliphatic rings. The molecule has 0 saturated carbocycles. The van der Waals surface area contributed by atoms with Gasteiger partial charge in [-0.15, -0.1) is 11.3 Å². The zero-order valence-corrected chi connectivity index (χ0v) is 19.1. The first-order chi connectivity index (χ1) is 15.6. The largest absolute Gasteiger partial charge is 0.497 e. The number of nitrogens with zero attached hydrogens (tertiary/aromatic N) is 3. The van der Waals surface area contributed by atoms with Gasteiger partial charge in [-0.3, -0.25) is 14.2 Å². The van der Waals surface area contributed by atoms with Gasteiger partial charge in [0.25, 0.3) is 11.5 Å². The monoisotopic (exact) mass is 447 g/mol. The van der Waals surface area contributed by atoms with E-state index in [0.29, 0.717) is 46.0 Å². The van der Waals surface area contributed by atoms with E-state index in [2.05, 4.69) is 0 Å². The molecule has 2 heterocycles. The van der Waals surface area contributed by atoms with Crippen molar-refractivity contribution in [3.05, 3.63) is 87.1 Å². The van der Waals surface area contributed by atoms with E-state index >= 15 is 0 Å². The molecule has 4 rings (SSSR count). The predicted octanol–water partition coefficient (Wildman–Crippen LogP) is 5.07. The second-order valence-corrected chi connectivity index (χ2v) is 8.27. The number of fused-ring (bicyclic) bond motifs is 1. The third-order valence-corrected chi connectivity index (χ3v) is 6.38. The molecule has 1 atom stereocenters. The number of methoxy groups -OCH3 is 1. The van der Waals surface area contributed by atoms with Crippen LogP contribution in [0, 0.1) is 0 Å². The van der Waals surface area contributed by atoms with Crippen molar-refractivity contribution in [2.75, 3.05) is 13.7 Å². The highest BCUT2D eigenvalue weighted by Gasteiger charge is 2.29. The lowest BCUT2D eigenvalue weighted by Crippen LogP contribution is -2.38. The van der Waals surface area contributed by atoms with E-state index in [0.717, 1.165) is 0 Å². The van der Waals surface area contributed by atoms with Gasteiger partial charge in [0.2, 0.25) is 0 Å². The molecule has 0 fully saturated rings. The van der Waals surface area contributed by atoms with Gasteiger partial charge in [0.05, 0.1) is 34.6 Å². The first kappa shape index (κ1) is 21.8. The van der Waals surface area contributed by atoms with Crippen LogP contribution >= 0.6 is 11.3 Å². The molecule has 6 nitrogen and oxygen atoms in total. The van der Waals surface area contributed by atoms with Crippen LogP contribution in [-0.4, -0.2) is 34.0 Å². The fourth-order valence-corrected chi connectivity index (χ4v) is 4.62. The third kappa shape index (κ3) is 3.91. The van der Waals surface area contributed by atoms with Gasteiger partial charge in [-0.05, 0) is 61.2 Å². The van der Waals surface area contributed by atoms with E-state index in [9.17, 15) is 9.59 Å². The number of ether oxygens (including phenoxy) is 1. The van der Waals surface area contributed by atoms with Crippen LogP contribution in [0.1, 0.15) is 41.8 Å². The van der Waals surface area contributed by atoms with Crippen LogP contribution in [0.3, 0.4) is 0 Å². The van der Waals surface area contributed by atoms with Crippen LogP contribution in [-0.2, 0) is 0 Å². The summed E-state index contributed by atoms with van der Waals surface area (Å²) in [6.07, 6.45) is 0.617. The lowest BCUT2D eigenvalue weighted by Gasteiger charge is -2.31. The van der Waals surface area contributed by atoms with Gasteiger partial charge in [0.15, 0.2) is 0 Å². The van der Waals surface area contributed by atoms with Crippen LogP contribution in [0.2, 0.25) is 0 Å². The molecule has 0 spiro atoms. The standard InChI is InChI=1S/C25H25N3O3S/c1-4-21(27(5-2)25(30)22-11-8-16-32-22)23-26-20-10-7-6-9-19(20)24(29)28(23)17-12-14-18(31-3)15-13-17/h6-16,21H,4-5H2,1-3H3. The zero-order chi connectivity index (χ0) is 22.7. The van der Waals surface area contributed by atoms with Crippen LogP contribution < -0.4 is 10.3 Å². The van der Waals surface area contributed by atoms with Crippen molar-refractivity contribution in [2.24, 2.45) is 0 Å². The van der Waals surface area contributed by atoms with E-state index in [1.165, 1.54) is 11.3 Å². The highest BCUT2D eigenvalue weighted by Crippen LogP contribution is 2.28. The average molecular weight is 448 g/mol. The maximum atomic E-state index is 13.6. The molecular weight excluding hydrogens is 422 g/mol. The van der Waals surface area contributed by atoms with Crippen LogP contribution in [0.25, 0.3) is 16.6 Å². The van der Waals surface area contributed by atoms with Crippen LogP contribution in [0.4, 0.5) is 0 Å². The summed E-state index contributed by atoms with van der Waals surface area (Å²) in [6.45, 7) is 4.46. The van der Waals surface area contributed by atoms with Crippen molar-refractivity contribution in [1.29, 1.82) is 0 Å². The highest BCUT2D eigenvalue weighted by atomic mass is 32.1. The molecule has 0 aliphatic heterocycles. The smallest absolute Gasteiger partial charge is 0.266 e. The molecule has 32 heavy (non-hydrogen) atoms. The van der Waals surface area contributed by atoms with E-state index in [4.69, 9.17) is 9.72 Å². The fraction of sp³-hybridized carbons (Fsp3) is 0.240.